The molecular weight excluding hydrogens is 324 g/mol. The highest BCUT2D eigenvalue weighted by atomic mass is 16.6. The number of rotatable bonds is 2. The zero-order valence-corrected chi connectivity index (χ0v) is 16.1. The van der Waals surface area contributed by atoms with Crippen LogP contribution in [0.5, 0.6) is 0 Å². The van der Waals surface area contributed by atoms with E-state index in [0.717, 1.165) is 51.4 Å². The summed E-state index contributed by atoms with van der Waals surface area (Å²) in [5.41, 5.74) is 0.620. The molecule has 0 aromatic rings. The molecule has 140 valence electrons. The van der Waals surface area contributed by atoms with Crippen molar-refractivity contribution in [1.82, 2.24) is 0 Å². The molecule has 0 heterocycles. The van der Waals surface area contributed by atoms with Crippen molar-refractivity contribution in [3.8, 4) is 12.3 Å². The Kier molecular flexibility index (Phi) is 4.29. The van der Waals surface area contributed by atoms with Gasteiger partial charge >= 0.3 is 5.97 Å². The monoisotopic (exact) mass is 354 g/mol. The second-order valence-corrected chi connectivity index (χ2v) is 8.96. The number of fused-ring (bicyclic) bond motifs is 5. The lowest BCUT2D eigenvalue weighted by Gasteiger charge is -2.56. The third-order valence-electron chi connectivity index (χ3n) is 8.30. The molecule has 4 aliphatic rings. The molecule has 3 nitrogen and oxygen atoms in total. The lowest BCUT2D eigenvalue weighted by Crippen LogP contribution is -2.55. The number of allylic oxidation sites excluding steroid dienone is 1. The van der Waals surface area contributed by atoms with Gasteiger partial charge in [0.2, 0.25) is 0 Å². The molecule has 0 saturated heterocycles. The average molecular weight is 354 g/mol. The minimum Gasteiger partial charge on any atom is -0.445 e. The first-order valence-electron chi connectivity index (χ1n) is 10.4. The molecule has 3 heteroatoms. The maximum atomic E-state index is 11.8. The number of hydrogen-bond donors (Lipinski definition) is 0. The van der Waals surface area contributed by atoms with Gasteiger partial charge in [-0.3, -0.25) is 9.59 Å². The van der Waals surface area contributed by atoms with Crippen LogP contribution < -0.4 is 0 Å². The fraction of sp³-hybridized carbons (Fsp3) is 0.739. The summed E-state index contributed by atoms with van der Waals surface area (Å²) in [4.78, 5) is 23.7. The number of carbonyl (C=O) groups is 2. The summed E-state index contributed by atoms with van der Waals surface area (Å²) in [6.07, 6.45) is 17.0. The molecule has 0 aromatic heterocycles. The molecule has 4 unspecified atom stereocenters. The SMILES string of the molecule is C#C[C@]1(OC(C)=O)CCC2C3CCC4=CC(=O)CCC4C3CC[C@@]21CC. The van der Waals surface area contributed by atoms with Gasteiger partial charge in [0.25, 0.3) is 0 Å². The Balaban J connectivity index is 1.68. The summed E-state index contributed by atoms with van der Waals surface area (Å²) >= 11 is 0. The molecule has 4 rings (SSSR count). The molecule has 0 aromatic carbocycles. The Hall–Kier alpha value is -1.56. The van der Waals surface area contributed by atoms with Gasteiger partial charge in [-0.25, -0.2) is 0 Å². The highest BCUT2D eigenvalue weighted by molar-refractivity contribution is 5.91. The van der Waals surface area contributed by atoms with Crippen molar-refractivity contribution in [3.63, 3.8) is 0 Å². The summed E-state index contributed by atoms with van der Waals surface area (Å²) in [7, 11) is 0. The molecule has 0 bridgehead atoms. The third-order valence-corrected chi connectivity index (χ3v) is 8.30. The Morgan fingerprint density at radius 3 is 2.73 bits per heavy atom. The number of ether oxygens (including phenoxy) is 1. The van der Waals surface area contributed by atoms with Crippen LogP contribution in [0.4, 0.5) is 0 Å². The number of terminal acetylenes is 1. The fourth-order valence-corrected chi connectivity index (χ4v) is 7.36. The van der Waals surface area contributed by atoms with Crippen LogP contribution in [0.1, 0.15) is 71.6 Å². The first-order valence-corrected chi connectivity index (χ1v) is 10.4. The van der Waals surface area contributed by atoms with E-state index in [4.69, 9.17) is 11.2 Å². The molecular formula is C23H30O3. The normalized spacial score (nSPS) is 44.2. The van der Waals surface area contributed by atoms with Crippen LogP contribution in [0, 0.1) is 41.4 Å². The second kappa shape index (κ2) is 6.25. The van der Waals surface area contributed by atoms with Gasteiger partial charge in [-0.1, -0.05) is 18.4 Å². The van der Waals surface area contributed by atoms with Crippen LogP contribution in [-0.2, 0) is 14.3 Å². The van der Waals surface area contributed by atoms with Gasteiger partial charge in [-0.2, -0.15) is 0 Å². The Morgan fingerprint density at radius 1 is 1.23 bits per heavy atom. The largest absolute Gasteiger partial charge is 0.445 e. The van der Waals surface area contributed by atoms with Crippen molar-refractivity contribution >= 4 is 11.8 Å². The van der Waals surface area contributed by atoms with E-state index in [1.165, 1.54) is 12.5 Å². The van der Waals surface area contributed by atoms with Gasteiger partial charge in [0.1, 0.15) is 0 Å². The fourth-order valence-electron chi connectivity index (χ4n) is 7.36. The maximum Gasteiger partial charge on any atom is 0.304 e. The number of ketones is 1. The van der Waals surface area contributed by atoms with Crippen LogP contribution in [0.15, 0.2) is 11.6 Å². The molecule has 0 N–H and O–H groups in total. The predicted molar refractivity (Wildman–Crippen MR) is 100 cm³/mol. The van der Waals surface area contributed by atoms with Crippen molar-refractivity contribution in [2.45, 2.75) is 77.2 Å². The van der Waals surface area contributed by atoms with E-state index < -0.39 is 5.60 Å². The molecule has 26 heavy (non-hydrogen) atoms. The lowest BCUT2D eigenvalue weighted by atomic mass is 9.49. The lowest BCUT2D eigenvalue weighted by molar-refractivity contribution is -0.170. The van der Waals surface area contributed by atoms with Gasteiger partial charge in [0, 0.05) is 18.8 Å². The minimum absolute atomic E-state index is 0.0692. The Bertz CT molecular complexity index is 699. The highest BCUT2D eigenvalue weighted by Crippen LogP contribution is 2.67. The number of carbonyl (C=O) groups excluding carboxylic acids is 2. The van der Waals surface area contributed by atoms with Gasteiger partial charge in [-0.05, 0) is 81.1 Å². The number of hydrogen-bond acceptors (Lipinski definition) is 3. The van der Waals surface area contributed by atoms with Crippen molar-refractivity contribution in [3.05, 3.63) is 11.6 Å². The van der Waals surface area contributed by atoms with E-state index in [0.29, 0.717) is 35.9 Å². The summed E-state index contributed by atoms with van der Waals surface area (Å²) in [5.74, 6) is 5.49. The third kappa shape index (κ3) is 2.34. The Labute approximate surface area is 156 Å². The van der Waals surface area contributed by atoms with Crippen LogP contribution in [0.25, 0.3) is 0 Å². The standard InChI is InChI=1S/C23H30O3/c1-4-22-12-10-19-18-9-7-17(25)14-16(18)6-8-20(19)21(22)11-13-23(22,5-2)26-15(3)24/h2,14,18-21H,4,6-13H2,1,3H3/t18?,19?,20?,21?,22-,23-/m0/s1. The molecule has 0 aliphatic heterocycles. The first-order chi connectivity index (χ1) is 12.5. The van der Waals surface area contributed by atoms with Crippen LogP contribution in [0.2, 0.25) is 0 Å². The molecule has 0 spiro atoms. The summed E-state index contributed by atoms with van der Waals surface area (Å²) in [6.45, 7) is 3.71. The van der Waals surface area contributed by atoms with Crippen molar-refractivity contribution in [1.29, 1.82) is 0 Å². The predicted octanol–water partition coefficient (Wildman–Crippen LogP) is 4.45. The Morgan fingerprint density at radius 2 is 2.04 bits per heavy atom. The zero-order chi connectivity index (χ0) is 18.5. The minimum atomic E-state index is -0.720. The van der Waals surface area contributed by atoms with Crippen LogP contribution in [0.3, 0.4) is 0 Å². The van der Waals surface area contributed by atoms with Crippen molar-refractivity contribution < 1.29 is 14.3 Å². The van der Waals surface area contributed by atoms with E-state index in [9.17, 15) is 9.59 Å². The molecule has 6 atom stereocenters. The van der Waals surface area contributed by atoms with E-state index in [-0.39, 0.29) is 11.4 Å². The van der Waals surface area contributed by atoms with Crippen molar-refractivity contribution in [2.24, 2.45) is 29.1 Å². The number of esters is 1. The highest BCUT2D eigenvalue weighted by Gasteiger charge is 2.65. The van der Waals surface area contributed by atoms with Gasteiger partial charge in [-0.15, -0.1) is 6.42 Å². The van der Waals surface area contributed by atoms with E-state index in [1.54, 1.807) is 0 Å². The van der Waals surface area contributed by atoms with E-state index in [2.05, 4.69) is 12.8 Å². The smallest absolute Gasteiger partial charge is 0.304 e. The zero-order valence-electron chi connectivity index (χ0n) is 16.1. The van der Waals surface area contributed by atoms with E-state index >= 15 is 0 Å². The molecule has 3 fully saturated rings. The summed E-state index contributed by atoms with van der Waals surface area (Å²) < 4.78 is 5.88. The van der Waals surface area contributed by atoms with E-state index in [1.807, 2.05) is 6.08 Å². The van der Waals surface area contributed by atoms with Gasteiger partial charge in [0.05, 0.1) is 0 Å². The summed E-state index contributed by atoms with van der Waals surface area (Å²) in [5, 5.41) is 0. The average Bonchev–Trinajstić information content (AvgIpc) is 2.95. The van der Waals surface area contributed by atoms with Gasteiger partial charge < -0.3 is 4.74 Å². The quantitative estimate of drug-likeness (QED) is 0.543. The molecule has 0 radical (unpaired) electrons. The second-order valence-electron chi connectivity index (χ2n) is 8.96. The molecule has 0 amide bonds. The van der Waals surface area contributed by atoms with Crippen molar-refractivity contribution in [2.75, 3.05) is 0 Å². The topological polar surface area (TPSA) is 43.4 Å². The van der Waals surface area contributed by atoms with Crippen LogP contribution in [-0.4, -0.2) is 17.4 Å². The van der Waals surface area contributed by atoms with Crippen LogP contribution >= 0.6 is 0 Å². The first kappa shape index (κ1) is 17.8. The molecule has 4 aliphatic carbocycles. The molecule has 3 saturated carbocycles. The van der Waals surface area contributed by atoms with Gasteiger partial charge in [0.15, 0.2) is 11.4 Å². The maximum absolute atomic E-state index is 11.8. The summed E-state index contributed by atoms with van der Waals surface area (Å²) in [6, 6.07) is 0.